The van der Waals surface area contributed by atoms with Crippen LogP contribution in [-0.2, 0) is 0 Å². The minimum absolute atomic E-state index is 0.0321. The average molecular weight is 333 g/mol. The van der Waals surface area contributed by atoms with Gasteiger partial charge >= 0.3 is 0 Å². The number of carbonyl (C=O) groups is 1. The average Bonchev–Trinajstić information content (AvgIpc) is 2.63. The van der Waals surface area contributed by atoms with Crippen LogP contribution >= 0.6 is 0 Å². The first kappa shape index (κ1) is 16.7. The van der Waals surface area contributed by atoms with Crippen LogP contribution < -0.4 is 10.3 Å². The van der Waals surface area contributed by atoms with Gasteiger partial charge in [-0.15, -0.1) is 0 Å². The van der Waals surface area contributed by atoms with Crippen LogP contribution in [0.3, 0.4) is 0 Å². The van der Waals surface area contributed by atoms with Crippen molar-refractivity contribution in [3.05, 3.63) is 82.0 Å². The van der Waals surface area contributed by atoms with E-state index in [-0.39, 0.29) is 16.9 Å². The smallest absolute Gasteiger partial charge is 0.215 e. The Balaban J connectivity index is 2.26. The molecule has 0 fully saturated rings. The van der Waals surface area contributed by atoms with E-state index < -0.39 is 0 Å². The van der Waals surface area contributed by atoms with E-state index in [9.17, 15) is 9.59 Å². The molecular weight excluding hydrogens is 314 g/mol. The molecule has 25 heavy (non-hydrogen) atoms. The van der Waals surface area contributed by atoms with Crippen molar-refractivity contribution in [2.75, 3.05) is 11.4 Å². The van der Waals surface area contributed by atoms with E-state index in [0.29, 0.717) is 23.8 Å². The Morgan fingerprint density at radius 3 is 2.40 bits per heavy atom. The third kappa shape index (κ3) is 3.38. The van der Waals surface area contributed by atoms with Crippen LogP contribution in [0.5, 0.6) is 0 Å². The number of para-hydroxylation sites is 2. The predicted molar refractivity (Wildman–Crippen MR) is 101 cm³/mol. The van der Waals surface area contributed by atoms with Crippen molar-refractivity contribution >= 4 is 28.8 Å². The van der Waals surface area contributed by atoms with Gasteiger partial charge in [0.1, 0.15) is 11.1 Å². The number of rotatable bonds is 5. The molecule has 1 aromatic heterocycles. The number of hydrogen-bond acceptors (Lipinski definition) is 4. The molecule has 0 saturated heterocycles. The summed E-state index contributed by atoms with van der Waals surface area (Å²) in [4.78, 5) is 26.2. The van der Waals surface area contributed by atoms with Crippen LogP contribution in [0, 0.1) is 0 Å². The lowest BCUT2D eigenvalue weighted by Gasteiger charge is -2.23. The fourth-order valence-electron chi connectivity index (χ4n) is 2.64. The molecule has 1 heterocycles. The van der Waals surface area contributed by atoms with Crippen LogP contribution in [0.25, 0.3) is 11.0 Å². The summed E-state index contributed by atoms with van der Waals surface area (Å²) in [6.07, 6.45) is 2.60. The van der Waals surface area contributed by atoms with Crippen molar-refractivity contribution in [1.82, 2.24) is 0 Å². The number of nitrogens with zero attached hydrogens (tertiary/aromatic N) is 1. The quantitative estimate of drug-likeness (QED) is 0.501. The summed E-state index contributed by atoms with van der Waals surface area (Å²) in [7, 11) is 0. The van der Waals surface area contributed by atoms with Crippen LogP contribution in [0.4, 0.5) is 11.6 Å². The van der Waals surface area contributed by atoms with E-state index in [1.165, 1.54) is 0 Å². The molecule has 0 radical (unpaired) electrons. The maximum Gasteiger partial charge on any atom is 0.215 e. The summed E-state index contributed by atoms with van der Waals surface area (Å²) >= 11 is 0. The molecule has 0 saturated carbocycles. The van der Waals surface area contributed by atoms with Gasteiger partial charge in [0.15, 0.2) is 6.29 Å². The lowest BCUT2D eigenvalue weighted by molar-refractivity contribution is 0.112. The first-order valence-electron chi connectivity index (χ1n) is 8.09. The molecule has 2 aromatic carbocycles. The highest BCUT2D eigenvalue weighted by molar-refractivity contribution is 5.91. The van der Waals surface area contributed by atoms with E-state index in [0.717, 1.165) is 11.3 Å². The van der Waals surface area contributed by atoms with E-state index in [1.54, 1.807) is 24.3 Å². The second-order valence-corrected chi connectivity index (χ2v) is 5.99. The number of hydrogen-bond donors (Lipinski definition) is 0. The summed E-state index contributed by atoms with van der Waals surface area (Å²) in [5.74, 6) is 0.266. The molecule has 0 spiro atoms. The number of anilines is 2. The summed E-state index contributed by atoms with van der Waals surface area (Å²) < 4.78 is 5.98. The fourth-order valence-corrected chi connectivity index (χ4v) is 2.64. The summed E-state index contributed by atoms with van der Waals surface area (Å²) in [6, 6.07) is 16.5. The second kappa shape index (κ2) is 7.18. The van der Waals surface area contributed by atoms with Crippen molar-refractivity contribution in [3.8, 4) is 0 Å². The highest BCUT2D eigenvalue weighted by Crippen LogP contribution is 2.29. The van der Waals surface area contributed by atoms with E-state index in [1.807, 2.05) is 55.2 Å². The Bertz CT molecular complexity index is 983. The number of allylic oxidation sites excluding steroid dienone is 1. The second-order valence-electron chi connectivity index (χ2n) is 5.99. The maximum absolute atomic E-state index is 12.7. The van der Waals surface area contributed by atoms with Crippen LogP contribution in [0.2, 0.25) is 0 Å². The number of carbonyl (C=O) groups excluding carboxylic acids is 1. The predicted octanol–water partition coefficient (Wildman–Crippen LogP) is 4.71. The molecule has 0 aliphatic rings. The molecule has 0 amide bonds. The Labute approximate surface area is 146 Å². The molecular formula is C21H19NO3. The fraction of sp³-hybridized carbons (Fsp3) is 0.143. The largest absolute Gasteiger partial charge is 0.439 e. The minimum atomic E-state index is -0.315. The minimum Gasteiger partial charge on any atom is -0.439 e. The van der Waals surface area contributed by atoms with E-state index >= 15 is 0 Å². The Kier molecular flexibility index (Phi) is 4.80. The zero-order valence-electron chi connectivity index (χ0n) is 14.2. The van der Waals surface area contributed by atoms with Gasteiger partial charge in [-0.05, 0) is 38.1 Å². The van der Waals surface area contributed by atoms with Crippen LogP contribution in [0.1, 0.15) is 24.2 Å². The molecule has 0 unspecified atom stereocenters. The molecule has 126 valence electrons. The Morgan fingerprint density at radius 1 is 1.04 bits per heavy atom. The van der Waals surface area contributed by atoms with Gasteiger partial charge in [0, 0.05) is 12.2 Å². The Morgan fingerprint density at radius 2 is 1.72 bits per heavy atom. The van der Waals surface area contributed by atoms with Gasteiger partial charge in [0.05, 0.1) is 5.39 Å². The van der Waals surface area contributed by atoms with Crippen molar-refractivity contribution in [2.24, 2.45) is 0 Å². The van der Waals surface area contributed by atoms with Gasteiger partial charge in [0.2, 0.25) is 11.3 Å². The highest BCUT2D eigenvalue weighted by Gasteiger charge is 2.20. The monoisotopic (exact) mass is 333 g/mol. The van der Waals surface area contributed by atoms with Gasteiger partial charge in [-0.25, -0.2) is 0 Å². The van der Waals surface area contributed by atoms with Crippen LogP contribution in [0.15, 0.2) is 75.5 Å². The van der Waals surface area contributed by atoms with Crippen molar-refractivity contribution in [1.29, 1.82) is 0 Å². The molecule has 0 aliphatic heterocycles. The number of aldehydes is 1. The van der Waals surface area contributed by atoms with Crippen molar-refractivity contribution in [3.63, 3.8) is 0 Å². The van der Waals surface area contributed by atoms with Crippen molar-refractivity contribution in [2.45, 2.75) is 13.8 Å². The molecule has 0 atom stereocenters. The van der Waals surface area contributed by atoms with Gasteiger partial charge < -0.3 is 9.32 Å². The molecule has 4 heteroatoms. The summed E-state index contributed by atoms with van der Waals surface area (Å²) in [5, 5.41) is 0.406. The molecule has 0 bridgehead atoms. The lowest BCUT2D eigenvalue weighted by Crippen LogP contribution is -2.22. The van der Waals surface area contributed by atoms with E-state index in [4.69, 9.17) is 4.42 Å². The zero-order chi connectivity index (χ0) is 17.8. The van der Waals surface area contributed by atoms with Crippen LogP contribution in [-0.4, -0.2) is 12.8 Å². The molecule has 3 rings (SSSR count). The topological polar surface area (TPSA) is 50.5 Å². The molecule has 0 aliphatic carbocycles. The summed E-state index contributed by atoms with van der Waals surface area (Å²) in [5.41, 5.74) is 2.17. The van der Waals surface area contributed by atoms with Gasteiger partial charge in [-0.2, -0.15) is 0 Å². The molecule has 4 nitrogen and oxygen atoms in total. The third-order valence-electron chi connectivity index (χ3n) is 3.93. The SMILES string of the molecule is CC(C)=CCN(c1ccccc1)c1oc2ccccc2c(=O)c1C=O. The number of fused-ring (bicyclic) bond motifs is 1. The van der Waals surface area contributed by atoms with Gasteiger partial charge in [-0.3, -0.25) is 9.59 Å². The van der Waals surface area contributed by atoms with E-state index in [2.05, 4.69) is 0 Å². The molecule has 3 aromatic rings. The molecule has 0 N–H and O–H groups in total. The third-order valence-corrected chi connectivity index (χ3v) is 3.93. The first-order valence-corrected chi connectivity index (χ1v) is 8.09. The first-order chi connectivity index (χ1) is 12.1. The standard InChI is InChI=1S/C21H19NO3/c1-15(2)12-13-22(16-8-4-3-5-9-16)21-18(14-23)20(24)17-10-6-7-11-19(17)25-21/h3-12,14H,13H2,1-2H3. The summed E-state index contributed by atoms with van der Waals surface area (Å²) in [6.45, 7) is 4.50. The normalized spacial score (nSPS) is 10.5. The maximum atomic E-state index is 12.7. The highest BCUT2D eigenvalue weighted by atomic mass is 16.4. The van der Waals surface area contributed by atoms with Gasteiger partial charge in [0.25, 0.3) is 0 Å². The zero-order valence-corrected chi connectivity index (χ0v) is 14.2. The lowest BCUT2D eigenvalue weighted by atomic mass is 10.1. The van der Waals surface area contributed by atoms with Crippen molar-refractivity contribution < 1.29 is 9.21 Å². The number of benzene rings is 2. The van der Waals surface area contributed by atoms with Gasteiger partial charge in [-0.1, -0.05) is 42.0 Å². The Hall–Kier alpha value is -3.14.